The van der Waals surface area contributed by atoms with Crippen LogP contribution in [-0.2, 0) is 13.1 Å². The fourth-order valence-electron chi connectivity index (χ4n) is 1.62. The van der Waals surface area contributed by atoms with Gasteiger partial charge in [0.1, 0.15) is 0 Å². The Morgan fingerprint density at radius 1 is 1.10 bits per heavy atom. The van der Waals surface area contributed by atoms with Crippen LogP contribution in [0.3, 0.4) is 0 Å². The van der Waals surface area contributed by atoms with E-state index in [1.807, 2.05) is 18.2 Å². The molecule has 0 bridgehead atoms. The van der Waals surface area contributed by atoms with Gasteiger partial charge in [-0.15, -0.1) is 35.3 Å². The molecule has 0 aliphatic carbocycles. The molecule has 3 nitrogen and oxygen atoms in total. The molecule has 2 aromatic rings. The number of halogens is 2. The van der Waals surface area contributed by atoms with E-state index in [4.69, 9.17) is 0 Å². The van der Waals surface area contributed by atoms with E-state index >= 15 is 0 Å². The minimum absolute atomic E-state index is 0. The molecule has 6 heteroatoms. The predicted molar refractivity (Wildman–Crippen MR) is 101 cm³/mol. The summed E-state index contributed by atoms with van der Waals surface area (Å²) in [6.45, 7) is 1.55. The lowest BCUT2D eigenvalue weighted by Crippen LogP contribution is -2.36. The highest BCUT2D eigenvalue weighted by Gasteiger charge is 2.00. The molecule has 108 valence electrons. The molecular formula is C14H17BrIN3S. The molecule has 0 aliphatic heterocycles. The minimum Gasteiger partial charge on any atom is -0.352 e. The van der Waals surface area contributed by atoms with Gasteiger partial charge in [0.2, 0.25) is 0 Å². The third kappa shape index (κ3) is 5.80. The number of rotatable bonds is 4. The Morgan fingerprint density at radius 3 is 2.40 bits per heavy atom. The molecule has 0 saturated heterocycles. The topological polar surface area (TPSA) is 36.4 Å². The van der Waals surface area contributed by atoms with Crippen molar-refractivity contribution in [1.82, 2.24) is 10.6 Å². The number of thiophene rings is 1. The molecule has 0 radical (unpaired) electrons. The lowest BCUT2D eigenvalue weighted by Gasteiger charge is -2.11. The Balaban J connectivity index is 0.00000200. The van der Waals surface area contributed by atoms with Crippen molar-refractivity contribution < 1.29 is 0 Å². The molecule has 0 spiro atoms. The largest absolute Gasteiger partial charge is 0.352 e. The van der Waals surface area contributed by atoms with E-state index in [1.165, 1.54) is 10.4 Å². The van der Waals surface area contributed by atoms with E-state index in [-0.39, 0.29) is 24.0 Å². The molecule has 1 aromatic carbocycles. The Bertz CT molecular complexity index is 542. The van der Waals surface area contributed by atoms with E-state index < -0.39 is 0 Å². The van der Waals surface area contributed by atoms with Crippen molar-refractivity contribution in [1.29, 1.82) is 0 Å². The summed E-state index contributed by atoms with van der Waals surface area (Å²) in [4.78, 5) is 5.49. The van der Waals surface area contributed by atoms with Gasteiger partial charge in [-0.3, -0.25) is 4.99 Å². The molecule has 0 amide bonds. The van der Waals surface area contributed by atoms with Crippen LogP contribution in [0.2, 0.25) is 0 Å². The van der Waals surface area contributed by atoms with E-state index in [1.54, 1.807) is 18.4 Å². The van der Waals surface area contributed by atoms with Gasteiger partial charge in [0, 0.05) is 18.5 Å². The number of nitrogens with one attached hydrogen (secondary N) is 2. The molecule has 0 saturated carbocycles. The van der Waals surface area contributed by atoms with Crippen molar-refractivity contribution in [2.45, 2.75) is 13.1 Å². The van der Waals surface area contributed by atoms with Crippen molar-refractivity contribution in [2.24, 2.45) is 4.99 Å². The first kappa shape index (κ1) is 17.5. The van der Waals surface area contributed by atoms with Crippen LogP contribution in [0.1, 0.15) is 10.4 Å². The third-order valence-corrected chi connectivity index (χ3v) is 4.21. The lowest BCUT2D eigenvalue weighted by atomic mass is 10.2. The second kappa shape index (κ2) is 9.36. The van der Waals surface area contributed by atoms with Crippen molar-refractivity contribution >= 4 is 57.2 Å². The highest BCUT2D eigenvalue weighted by molar-refractivity contribution is 14.0. The molecule has 0 atom stereocenters. The average Bonchev–Trinajstić information content (AvgIpc) is 2.86. The van der Waals surface area contributed by atoms with Gasteiger partial charge in [-0.1, -0.05) is 30.3 Å². The molecule has 2 rings (SSSR count). The number of guanidine groups is 1. The number of nitrogens with zero attached hydrogens (tertiary/aromatic N) is 1. The molecule has 1 heterocycles. The normalized spacial score (nSPS) is 10.8. The summed E-state index contributed by atoms with van der Waals surface area (Å²) in [5.74, 6) is 0.813. The number of aliphatic imine (C=N–C) groups is 1. The van der Waals surface area contributed by atoms with Crippen molar-refractivity contribution in [3.05, 3.63) is 56.7 Å². The zero-order valence-corrected chi connectivity index (χ0v) is 15.8. The van der Waals surface area contributed by atoms with E-state index in [0.29, 0.717) is 0 Å². The van der Waals surface area contributed by atoms with Crippen LogP contribution in [-0.4, -0.2) is 13.0 Å². The summed E-state index contributed by atoms with van der Waals surface area (Å²) in [5.41, 5.74) is 1.24. The summed E-state index contributed by atoms with van der Waals surface area (Å²) in [7, 11) is 1.78. The second-order valence-corrected chi connectivity index (χ2v) is 6.52. The maximum Gasteiger partial charge on any atom is 0.191 e. The van der Waals surface area contributed by atoms with Crippen LogP contribution < -0.4 is 10.6 Å². The zero-order valence-electron chi connectivity index (χ0n) is 11.1. The van der Waals surface area contributed by atoms with Crippen LogP contribution >= 0.6 is 51.2 Å². The zero-order chi connectivity index (χ0) is 13.5. The maximum atomic E-state index is 4.21. The van der Waals surface area contributed by atoms with Gasteiger partial charge in [0.25, 0.3) is 0 Å². The number of hydrogen-bond donors (Lipinski definition) is 2. The highest BCUT2D eigenvalue weighted by atomic mass is 127. The first-order valence-electron chi connectivity index (χ1n) is 6.00. The van der Waals surface area contributed by atoms with Gasteiger partial charge >= 0.3 is 0 Å². The number of benzene rings is 1. The van der Waals surface area contributed by atoms with Gasteiger partial charge in [0.05, 0.1) is 10.3 Å². The second-order valence-electron chi connectivity index (χ2n) is 3.97. The van der Waals surface area contributed by atoms with Crippen molar-refractivity contribution in [3.8, 4) is 0 Å². The van der Waals surface area contributed by atoms with Crippen molar-refractivity contribution in [2.75, 3.05) is 7.05 Å². The standard InChI is InChI=1S/C14H16BrN3S.HI/c1-16-14(17-9-11-5-3-2-4-6-11)18-10-12-7-8-13(15)19-12;/h2-8H,9-10H2,1H3,(H2,16,17,18);1H. The summed E-state index contributed by atoms with van der Waals surface area (Å²) in [6, 6.07) is 14.4. The van der Waals surface area contributed by atoms with Gasteiger partial charge in [-0.05, 0) is 33.6 Å². The first-order valence-corrected chi connectivity index (χ1v) is 7.61. The summed E-state index contributed by atoms with van der Waals surface area (Å²) in [5, 5.41) is 6.59. The molecule has 20 heavy (non-hydrogen) atoms. The molecule has 0 unspecified atom stereocenters. The highest BCUT2D eigenvalue weighted by Crippen LogP contribution is 2.21. The van der Waals surface area contributed by atoms with E-state index in [0.717, 1.165) is 22.8 Å². The Morgan fingerprint density at radius 2 is 1.80 bits per heavy atom. The maximum absolute atomic E-state index is 4.21. The first-order chi connectivity index (χ1) is 9.28. The quantitative estimate of drug-likeness (QED) is 0.407. The number of hydrogen-bond acceptors (Lipinski definition) is 2. The monoisotopic (exact) mass is 465 g/mol. The van der Waals surface area contributed by atoms with Gasteiger partial charge in [-0.25, -0.2) is 0 Å². The van der Waals surface area contributed by atoms with Crippen molar-refractivity contribution in [3.63, 3.8) is 0 Å². The van der Waals surface area contributed by atoms with E-state index in [9.17, 15) is 0 Å². The van der Waals surface area contributed by atoms with Crippen LogP contribution in [0, 0.1) is 0 Å². The summed E-state index contributed by atoms with van der Waals surface area (Å²) >= 11 is 5.19. The Hall–Kier alpha value is -0.600. The summed E-state index contributed by atoms with van der Waals surface area (Å²) in [6.07, 6.45) is 0. The smallest absolute Gasteiger partial charge is 0.191 e. The average molecular weight is 466 g/mol. The van der Waals surface area contributed by atoms with Gasteiger partial charge < -0.3 is 10.6 Å². The predicted octanol–water partition coefficient (Wildman–Crippen LogP) is 3.99. The van der Waals surface area contributed by atoms with Gasteiger partial charge in [-0.2, -0.15) is 0 Å². The molecule has 0 aliphatic rings. The van der Waals surface area contributed by atoms with Crippen LogP contribution in [0.4, 0.5) is 0 Å². The van der Waals surface area contributed by atoms with E-state index in [2.05, 4.69) is 55.8 Å². The SMILES string of the molecule is CN=C(NCc1ccccc1)NCc1ccc(Br)s1.I. The third-order valence-electron chi connectivity index (χ3n) is 2.59. The van der Waals surface area contributed by atoms with Gasteiger partial charge in [0.15, 0.2) is 5.96 Å². The Kier molecular flexibility index (Phi) is 8.16. The fourth-order valence-corrected chi connectivity index (χ4v) is 3.04. The lowest BCUT2D eigenvalue weighted by molar-refractivity contribution is 0.815. The van der Waals surface area contributed by atoms with Crippen LogP contribution in [0.25, 0.3) is 0 Å². The van der Waals surface area contributed by atoms with Crippen LogP contribution in [0.15, 0.2) is 51.2 Å². The van der Waals surface area contributed by atoms with Crippen LogP contribution in [0.5, 0.6) is 0 Å². The molecular weight excluding hydrogens is 449 g/mol. The Labute approximate surface area is 149 Å². The molecule has 2 N–H and O–H groups in total. The molecule has 1 aromatic heterocycles. The molecule has 0 fully saturated rings. The fraction of sp³-hybridized carbons (Fsp3) is 0.214. The summed E-state index contributed by atoms with van der Waals surface area (Å²) < 4.78 is 1.15. The minimum atomic E-state index is 0.